The van der Waals surface area contributed by atoms with E-state index < -0.39 is 0 Å². The number of methoxy groups -OCH3 is 1. The molecule has 1 aromatic carbocycles. The van der Waals surface area contributed by atoms with E-state index in [0.717, 1.165) is 76.9 Å². The molecule has 1 saturated heterocycles. The molecule has 3 aliphatic rings. The summed E-state index contributed by atoms with van der Waals surface area (Å²) in [6.45, 7) is 3.04. The number of benzene rings is 1. The molecular formula is C29H43FN2O3. The summed E-state index contributed by atoms with van der Waals surface area (Å²) in [6, 6.07) is 6.31. The smallest absolute Gasteiger partial charge is 0.220 e. The van der Waals surface area contributed by atoms with Crippen LogP contribution in [0.15, 0.2) is 24.3 Å². The van der Waals surface area contributed by atoms with Crippen LogP contribution >= 0.6 is 0 Å². The third kappa shape index (κ3) is 7.85. The van der Waals surface area contributed by atoms with Crippen molar-refractivity contribution in [3.63, 3.8) is 0 Å². The van der Waals surface area contributed by atoms with Gasteiger partial charge in [-0.2, -0.15) is 0 Å². The maximum Gasteiger partial charge on any atom is 0.220 e. The number of hydrogen-bond acceptors (Lipinski definition) is 4. The van der Waals surface area contributed by atoms with Crippen molar-refractivity contribution in [2.75, 3.05) is 26.7 Å². The van der Waals surface area contributed by atoms with Crippen molar-refractivity contribution in [3.05, 3.63) is 35.6 Å². The van der Waals surface area contributed by atoms with E-state index >= 15 is 0 Å². The van der Waals surface area contributed by atoms with Gasteiger partial charge < -0.3 is 15.0 Å². The first-order valence-electron chi connectivity index (χ1n) is 13.8. The fraction of sp³-hybridized carbons (Fsp3) is 0.724. The van der Waals surface area contributed by atoms with Gasteiger partial charge in [0.2, 0.25) is 5.91 Å². The molecular weight excluding hydrogens is 443 g/mol. The van der Waals surface area contributed by atoms with Crippen LogP contribution in [0, 0.1) is 23.6 Å². The zero-order chi connectivity index (χ0) is 24.6. The number of carbonyl (C=O) groups is 2. The molecule has 6 heteroatoms. The lowest BCUT2D eigenvalue weighted by Crippen LogP contribution is -2.40. The molecule has 2 aliphatic carbocycles. The minimum absolute atomic E-state index is 0.0609. The molecule has 0 spiro atoms. The predicted octanol–water partition coefficient (Wildman–Crippen LogP) is 5.38. The zero-order valence-corrected chi connectivity index (χ0v) is 21.4. The van der Waals surface area contributed by atoms with Crippen LogP contribution in [0.25, 0.3) is 0 Å². The Morgan fingerprint density at radius 3 is 2.17 bits per heavy atom. The largest absolute Gasteiger partial charge is 0.381 e. The van der Waals surface area contributed by atoms with E-state index in [2.05, 4.69) is 10.2 Å². The van der Waals surface area contributed by atoms with Gasteiger partial charge in [0.05, 0.1) is 6.10 Å². The van der Waals surface area contributed by atoms with E-state index in [1.807, 2.05) is 0 Å². The van der Waals surface area contributed by atoms with Gasteiger partial charge in [-0.25, -0.2) is 4.39 Å². The maximum absolute atomic E-state index is 13.1. The molecule has 1 N–H and O–H groups in total. The molecule has 0 radical (unpaired) electrons. The number of halogens is 1. The number of nitrogens with zero attached hydrogens (tertiary/aromatic N) is 1. The van der Waals surface area contributed by atoms with Gasteiger partial charge in [0.15, 0.2) is 5.78 Å². The van der Waals surface area contributed by atoms with E-state index in [1.165, 1.54) is 31.4 Å². The molecule has 0 aromatic heterocycles. The fourth-order valence-electron chi connectivity index (χ4n) is 6.35. The summed E-state index contributed by atoms with van der Waals surface area (Å²) in [5.41, 5.74) is 0.632. The van der Waals surface area contributed by atoms with Crippen LogP contribution in [0.2, 0.25) is 0 Å². The summed E-state index contributed by atoms with van der Waals surface area (Å²) in [4.78, 5) is 27.7. The van der Waals surface area contributed by atoms with Crippen LogP contribution in [-0.2, 0) is 9.53 Å². The first kappa shape index (κ1) is 26.3. The van der Waals surface area contributed by atoms with Crippen molar-refractivity contribution in [1.82, 2.24) is 10.2 Å². The average Bonchev–Trinajstić information content (AvgIpc) is 2.89. The zero-order valence-electron chi connectivity index (χ0n) is 21.4. The number of rotatable bonds is 9. The molecule has 1 heterocycles. The number of likely N-dealkylation sites (tertiary alicyclic amines) is 1. The van der Waals surface area contributed by atoms with Gasteiger partial charge in [0, 0.05) is 31.1 Å². The number of Topliss-reactive ketones (excluding diaryl/α,β-unsaturated/α-hetero) is 1. The van der Waals surface area contributed by atoms with Crippen LogP contribution in [-0.4, -0.2) is 55.5 Å². The topological polar surface area (TPSA) is 58.6 Å². The summed E-state index contributed by atoms with van der Waals surface area (Å²) >= 11 is 0. The molecule has 0 bridgehead atoms. The van der Waals surface area contributed by atoms with Crippen molar-refractivity contribution in [2.24, 2.45) is 17.8 Å². The standard InChI is InChI=1S/C29H43FN2O3/c1-35-27-12-4-22(5-13-27)20-28(33)31-26-10-2-21(3-11-26)14-17-32-18-15-24(16-19-32)29(34)23-6-8-25(30)9-7-23/h6-9,21-22,24,26-27H,2-5,10-20H2,1H3,(H,31,33)/t21?,22-,26?,27+. The van der Waals surface area contributed by atoms with Gasteiger partial charge in [0.1, 0.15) is 5.82 Å². The highest BCUT2D eigenvalue weighted by Gasteiger charge is 2.28. The van der Waals surface area contributed by atoms with E-state index in [0.29, 0.717) is 30.0 Å². The molecule has 0 atom stereocenters. The number of piperidine rings is 1. The number of amides is 1. The molecule has 35 heavy (non-hydrogen) atoms. The molecule has 2 saturated carbocycles. The van der Waals surface area contributed by atoms with Crippen molar-refractivity contribution in [2.45, 2.75) is 89.2 Å². The number of hydrogen-bond donors (Lipinski definition) is 1. The van der Waals surface area contributed by atoms with Gasteiger partial charge in [-0.3, -0.25) is 9.59 Å². The lowest BCUT2D eigenvalue weighted by molar-refractivity contribution is -0.123. The van der Waals surface area contributed by atoms with Gasteiger partial charge in [-0.1, -0.05) is 0 Å². The third-order valence-electron chi connectivity index (χ3n) is 8.75. The Balaban J connectivity index is 1.08. The monoisotopic (exact) mass is 486 g/mol. The second-order valence-corrected chi connectivity index (χ2v) is 11.1. The summed E-state index contributed by atoms with van der Waals surface area (Å²) in [5.74, 6) is 1.43. The summed E-state index contributed by atoms with van der Waals surface area (Å²) < 4.78 is 18.6. The number of nitrogens with one attached hydrogen (secondary N) is 1. The predicted molar refractivity (Wildman–Crippen MR) is 136 cm³/mol. The van der Waals surface area contributed by atoms with Crippen molar-refractivity contribution in [1.29, 1.82) is 0 Å². The molecule has 3 fully saturated rings. The van der Waals surface area contributed by atoms with Gasteiger partial charge >= 0.3 is 0 Å². The summed E-state index contributed by atoms with van der Waals surface area (Å²) in [6.07, 6.45) is 13.0. The van der Waals surface area contributed by atoms with Crippen LogP contribution in [0.4, 0.5) is 4.39 Å². The number of ether oxygens (including phenoxy) is 1. The molecule has 194 valence electrons. The Hall–Kier alpha value is -1.79. The normalized spacial score (nSPS) is 28.5. The summed E-state index contributed by atoms with van der Waals surface area (Å²) in [5, 5.41) is 3.32. The first-order valence-corrected chi connectivity index (χ1v) is 13.8. The molecule has 1 amide bonds. The maximum atomic E-state index is 13.1. The van der Waals surface area contributed by atoms with Crippen LogP contribution in [0.1, 0.15) is 87.4 Å². The molecule has 1 aliphatic heterocycles. The van der Waals surface area contributed by atoms with Crippen molar-refractivity contribution < 1.29 is 18.7 Å². The molecule has 1 aromatic rings. The van der Waals surface area contributed by atoms with Gasteiger partial charge in [-0.15, -0.1) is 0 Å². The van der Waals surface area contributed by atoms with E-state index in [4.69, 9.17) is 4.74 Å². The average molecular weight is 487 g/mol. The molecule has 0 unspecified atom stereocenters. The minimum atomic E-state index is -0.298. The first-order chi connectivity index (χ1) is 17.0. The second-order valence-electron chi connectivity index (χ2n) is 11.1. The van der Waals surface area contributed by atoms with E-state index in [1.54, 1.807) is 19.2 Å². The Morgan fingerprint density at radius 2 is 1.54 bits per heavy atom. The fourth-order valence-corrected chi connectivity index (χ4v) is 6.35. The van der Waals surface area contributed by atoms with Crippen LogP contribution in [0.3, 0.4) is 0 Å². The van der Waals surface area contributed by atoms with E-state index in [-0.39, 0.29) is 23.4 Å². The van der Waals surface area contributed by atoms with E-state index in [9.17, 15) is 14.0 Å². The molecule has 4 rings (SSSR count). The highest BCUT2D eigenvalue weighted by molar-refractivity contribution is 5.97. The Bertz CT molecular complexity index is 806. The lowest BCUT2D eigenvalue weighted by Gasteiger charge is -2.34. The second kappa shape index (κ2) is 13.0. The molecule has 5 nitrogen and oxygen atoms in total. The van der Waals surface area contributed by atoms with Crippen LogP contribution < -0.4 is 5.32 Å². The lowest BCUT2D eigenvalue weighted by atomic mass is 9.83. The SMILES string of the molecule is CO[C@H]1CC[C@@H](CC(=O)NC2CCC(CCN3CCC(C(=O)c4ccc(F)cc4)CC3)CC2)CC1. The van der Waals surface area contributed by atoms with Gasteiger partial charge in [0.25, 0.3) is 0 Å². The summed E-state index contributed by atoms with van der Waals surface area (Å²) in [7, 11) is 1.79. The Morgan fingerprint density at radius 1 is 0.914 bits per heavy atom. The quantitative estimate of drug-likeness (QED) is 0.476. The van der Waals surface area contributed by atoms with Crippen molar-refractivity contribution in [3.8, 4) is 0 Å². The number of carbonyl (C=O) groups excluding carboxylic acids is 2. The van der Waals surface area contributed by atoms with Crippen molar-refractivity contribution >= 4 is 11.7 Å². The van der Waals surface area contributed by atoms with Gasteiger partial charge in [-0.05, 0) is 126 Å². The Kier molecular flexibility index (Phi) is 9.73. The van der Waals surface area contributed by atoms with Crippen LogP contribution in [0.5, 0.6) is 0 Å². The number of ketones is 1. The third-order valence-corrected chi connectivity index (χ3v) is 8.75. The highest BCUT2D eigenvalue weighted by atomic mass is 19.1. The Labute approximate surface area is 210 Å². The minimum Gasteiger partial charge on any atom is -0.381 e. The highest BCUT2D eigenvalue weighted by Crippen LogP contribution is 2.30.